The van der Waals surface area contributed by atoms with E-state index >= 15 is 0 Å². The van der Waals surface area contributed by atoms with Gasteiger partial charge in [-0.2, -0.15) is 0 Å². The van der Waals surface area contributed by atoms with Crippen molar-refractivity contribution in [1.29, 1.82) is 0 Å². The summed E-state index contributed by atoms with van der Waals surface area (Å²) in [5.41, 5.74) is 1.58. The number of fused-ring (bicyclic) bond motifs is 1. The summed E-state index contributed by atoms with van der Waals surface area (Å²) in [4.78, 5) is 1.43. The summed E-state index contributed by atoms with van der Waals surface area (Å²) in [7, 11) is 2.14. The molecule has 0 amide bonds. The van der Waals surface area contributed by atoms with Gasteiger partial charge in [0.2, 0.25) is 0 Å². The maximum absolute atomic E-state index is 2.30. The maximum atomic E-state index is 2.30. The Morgan fingerprint density at radius 3 is 3.08 bits per heavy atom. The predicted molar refractivity (Wildman–Crippen MR) is 52.8 cm³/mol. The average molecular weight is 177 g/mol. The molecule has 1 fully saturated rings. The molecule has 0 spiro atoms. The molecule has 3 rings (SSSR count). The summed E-state index contributed by atoms with van der Waals surface area (Å²) in [6, 6.07) is 2.26. The van der Waals surface area contributed by atoms with E-state index in [0.717, 1.165) is 5.92 Å². The van der Waals surface area contributed by atoms with Gasteiger partial charge >= 0.3 is 0 Å². The summed E-state index contributed by atoms with van der Waals surface area (Å²) in [6.07, 6.45) is 5.10. The molecule has 0 aromatic carbocycles. The monoisotopic (exact) mass is 177 g/mol. The second-order valence-electron chi connectivity index (χ2n) is 3.61. The number of hydrogen-bond acceptors (Lipinski definition) is 1. The summed E-state index contributed by atoms with van der Waals surface area (Å²) < 4.78 is 2.26. The zero-order valence-electron chi connectivity index (χ0n) is 7.08. The van der Waals surface area contributed by atoms with Crippen molar-refractivity contribution in [3.8, 4) is 0 Å². The highest BCUT2D eigenvalue weighted by Crippen LogP contribution is 2.44. The minimum atomic E-state index is 0.878. The predicted octanol–water partition coefficient (Wildman–Crippen LogP) is 3.12. The number of hydrogen-bond donors (Lipinski definition) is 0. The second kappa shape index (κ2) is 2.13. The molecule has 0 saturated heterocycles. The number of thiophene rings is 1. The van der Waals surface area contributed by atoms with Gasteiger partial charge in [-0.1, -0.05) is 0 Å². The topological polar surface area (TPSA) is 4.93 Å². The van der Waals surface area contributed by atoms with Gasteiger partial charge in [0.05, 0.1) is 0 Å². The van der Waals surface area contributed by atoms with Gasteiger partial charge in [-0.3, -0.25) is 0 Å². The van der Waals surface area contributed by atoms with Gasteiger partial charge in [-0.25, -0.2) is 0 Å². The van der Waals surface area contributed by atoms with Crippen molar-refractivity contribution in [1.82, 2.24) is 4.57 Å². The standard InChI is InChI=1S/C10H11NS/c1-11-6-9(7-2-3-7)8-4-5-12-10(8)11/h4-7H,2-3H2,1H3. The molecule has 1 aliphatic carbocycles. The molecule has 2 aromatic heterocycles. The molecule has 62 valence electrons. The molecule has 1 nitrogen and oxygen atoms in total. The van der Waals surface area contributed by atoms with Crippen LogP contribution in [0.2, 0.25) is 0 Å². The van der Waals surface area contributed by atoms with E-state index in [9.17, 15) is 0 Å². The summed E-state index contributed by atoms with van der Waals surface area (Å²) in [6.45, 7) is 0. The van der Waals surface area contributed by atoms with Crippen molar-refractivity contribution in [3.63, 3.8) is 0 Å². The fraction of sp³-hybridized carbons (Fsp3) is 0.400. The second-order valence-corrected chi connectivity index (χ2v) is 4.50. The number of nitrogens with zero attached hydrogens (tertiary/aromatic N) is 1. The van der Waals surface area contributed by atoms with Crippen LogP contribution < -0.4 is 0 Å². The van der Waals surface area contributed by atoms with E-state index in [0.29, 0.717) is 0 Å². The van der Waals surface area contributed by atoms with Crippen LogP contribution in [0.15, 0.2) is 17.6 Å². The summed E-state index contributed by atoms with van der Waals surface area (Å²) in [5, 5.41) is 3.68. The smallest absolute Gasteiger partial charge is 0.102 e. The van der Waals surface area contributed by atoms with Gasteiger partial charge in [0.25, 0.3) is 0 Å². The van der Waals surface area contributed by atoms with Crippen LogP contribution in [-0.2, 0) is 7.05 Å². The van der Waals surface area contributed by atoms with Gasteiger partial charge in [-0.15, -0.1) is 11.3 Å². The Labute approximate surface area is 75.6 Å². The average Bonchev–Trinajstić information content (AvgIpc) is 2.68. The molecular weight excluding hydrogens is 166 g/mol. The van der Waals surface area contributed by atoms with Crippen molar-refractivity contribution >= 4 is 21.6 Å². The fourth-order valence-electron chi connectivity index (χ4n) is 1.85. The van der Waals surface area contributed by atoms with Crippen molar-refractivity contribution in [2.45, 2.75) is 18.8 Å². The zero-order valence-corrected chi connectivity index (χ0v) is 7.90. The first-order valence-corrected chi connectivity index (χ1v) is 5.26. The lowest BCUT2D eigenvalue weighted by Crippen LogP contribution is -1.80. The minimum Gasteiger partial charge on any atom is -0.342 e. The lowest BCUT2D eigenvalue weighted by molar-refractivity contribution is 0.959. The van der Waals surface area contributed by atoms with Crippen LogP contribution in [0.4, 0.5) is 0 Å². The molecule has 1 aliphatic rings. The van der Waals surface area contributed by atoms with Crippen LogP contribution in [0.25, 0.3) is 10.2 Å². The fourth-order valence-corrected chi connectivity index (χ4v) is 2.72. The summed E-state index contributed by atoms with van der Waals surface area (Å²) >= 11 is 1.84. The van der Waals surface area contributed by atoms with Crippen molar-refractivity contribution in [3.05, 3.63) is 23.2 Å². The minimum absolute atomic E-state index is 0.878. The quantitative estimate of drug-likeness (QED) is 0.630. The van der Waals surface area contributed by atoms with Gasteiger partial charge in [0, 0.05) is 18.6 Å². The van der Waals surface area contributed by atoms with E-state index in [4.69, 9.17) is 0 Å². The molecular formula is C10H11NS. The van der Waals surface area contributed by atoms with Crippen LogP contribution in [0.3, 0.4) is 0 Å². The molecule has 1 saturated carbocycles. The third-order valence-corrected chi connectivity index (χ3v) is 3.63. The number of rotatable bonds is 1. The Kier molecular flexibility index (Phi) is 1.20. The Morgan fingerprint density at radius 1 is 1.50 bits per heavy atom. The number of aromatic nitrogens is 1. The van der Waals surface area contributed by atoms with E-state index in [1.54, 1.807) is 5.56 Å². The number of aryl methyl sites for hydroxylation is 1. The highest BCUT2D eigenvalue weighted by molar-refractivity contribution is 7.16. The largest absolute Gasteiger partial charge is 0.342 e. The molecule has 0 atom stereocenters. The normalized spacial score (nSPS) is 17.4. The molecule has 0 aliphatic heterocycles. The van der Waals surface area contributed by atoms with Crippen molar-refractivity contribution in [2.24, 2.45) is 7.05 Å². The Hall–Kier alpha value is -0.760. The highest BCUT2D eigenvalue weighted by atomic mass is 32.1. The SMILES string of the molecule is Cn1cc(C2CC2)c2ccsc21. The lowest BCUT2D eigenvalue weighted by atomic mass is 10.2. The molecule has 0 unspecified atom stereocenters. The van der Waals surface area contributed by atoms with E-state index in [2.05, 4.69) is 29.3 Å². The third-order valence-electron chi connectivity index (χ3n) is 2.63. The molecule has 12 heavy (non-hydrogen) atoms. The van der Waals surface area contributed by atoms with E-state index in [-0.39, 0.29) is 0 Å². The van der Waals surface area contributed by atoms with Crippen LogP contribution in [0.1, 0.15) is 24.3 Å². The molecule has 2 aromatic rings. The molecule has 2 heterocycles. The van der Waals surface area contributed by atoms with Crippen LogP contribution >= 0.6 is 11.3 Å². The van der Waals surface area contributed by atoms with Gasteiger partial charge in [0.1, 0.15) is 4.83 Å². The van der Waals surface area contributed by atoms with E-state index in [1.165, 1.54) is 23.1 Å². The van der Waals surface area contributed by atoms with Crippen molar-refractivity contribution in [2.75, 3.05) is 0 Å². The molecule has 0 N–H and O–H groups in total. The summed E-state index contributed by atoms with van der Waals surface area (Å²) in [5.74, 6) is 0.878. The molecule has 2 heteroatoms. The highest BCUT2D eigenvalue weighted by Gasteiger charge is 2.26. The van der Waals surface area contributed by atoms with Gasteiger partial charge in [-0.05, 0) is 35.8 Å². The first-order valence-electron chi connectivity index (χ1n) is 4.38. The Balaban J connectivity index is 2.33. The third kappa shape index (κ3) is 0.787. The molecule has 0 radical (unpaired) electrons. The first kappa shape index (κ1) is 6.72. The van der Waals surface area contributed by atoms with Crippen molar-refractivity contribution < 1.29 is 0 Å². The molecule has 0 bridgehead atoms. The van der Waals surface area contributed by atoms with Gasteiger partial charge in [0.15, 0.2) is 0 Å². The Morgan fingerprint density at radius 2 is 2.33 bits per heavy atom. The van der Waals surface area contributed by atoms with Crippen LogP contribution in [0.5, 0.6) is 0 Å². The van der Waals surface area contributed by atoms with Crippen LogP contribution in [-0.4, -0.2) is 4.57 Å². The lowest BCUT2D eigenvalue weighted by Gasteiger charge is -1.89. The zero-order chi connectivity index (χ0) is 8.13. The van der Waals surface area contributed by atoms with Gasteiger partial charge < -0.3 is 4.57 Å². The van der Waals surface area contributed by atoms with Crippen LogP contribution in [0, 0.1) is 0 Å². The van der Waals surface area contributed by atoms with E-state index in [1.807, 2.05) is 11.3 Å². The Bertz CT molecular complexity index is 420. The maximum Gasteiger partial charge on any atom is 0.102 e. The van der Waals surface area contributed by atoms with E-state index < -0.39 is 0 Å². The first-order chi connectivity index (χ1) is 5.86.